The van der Waals surface area contributed by atoms with E-state index >= 15 is 0 Å². The molecule has 20 heavy (non-hydrogen) atoms. The second-order valence-electron chi connectivity index (χ2n) is 5.38. The highest BCUT2D eigenvalue weighted by Gasteiger charge is 2.06. The van der Waals surface area contributed by atoms with Crippen molar-refractivity contribution in [3.8, 4) is 6.07 Å². The quantitative estimate of drug-likeness (QED) is 0.856. The predicted octanol–water partition coefficient (Wildman–Crippen LogP) is 4.85. The number of hydrogen-bond acceptors (Lipinski definition) is 2. The maximum atomic E-state index is 8.81. The van der Waals surface area contributed by atoms with E-state index in [1.54, 1.807) is 0 Å². The van der Waals surface area contributed by atoms with Crippen LogP contribution in [0.25, 0.3) is 0 Å². The second-order valence-corrected chi connectivity index (χ2v) is 5.38. The molecule has 0 aliphatic rings. The molecular formula is C18H20N2. The largest absolute Gasteiger partial charge is 0.379 e. The van der Waals surface area contributed by atoms with Gasteiger partial charge in [0.25, 0.3) is 0 Å². The Hall–Kier alpha value is -2.27. The number of nitriles is 1. The first kappa shape index (κ1) is 14.1. The standard InChI is InChI=1S/C18H20N2/c1-13(2)16-8-10-18(11-9-16)20-14(3)17-6-4-15(12-19)5-7-17/h4-11,13-14,20H,1-3H3. The normalized spacial score (nSPS) is 11.9. The Morgan fingerprint density at radius 3 is 1.90 bits per heavy atom. The van der Waals surface area contributed by atoms with E-state index in [1.807, 2.05) is 24.3 Å². The van der Waals surface area contributed by atoms with Gasteiger partial charge in [0.15, 0.2) is 0 Å². The van der Waals surface area contributed by atoms with Gasteiger partial charge in [-0.25, -0.2) is 0 Å². The number of anilines is 1. The van der Waals surface area contributed by atoms with Crippen LogP contribution in [-0.4, -0.2) is 0 Å². The van der Waals surface area contributed by atoms with Crippen LogP contribution >= 0.6 is 0 Å². The second kappa shape index (κ2) is 6.25. The van der Waals surface area contributed by atoms with Crippen molar-refractivity contribution in [2.24, 2.45) is 0 Å². The van der Waals surface area contributed by atoms with Crippen molar-refractivity contribution in [3.63, 3.8) is 0 Å². The lowest BCUT2D eigenvalue weighted by molar-refractivity contribution is 0.862. The zero-order valence-electron chi connectivity index (χ0n) is 12.2. The van der Waals surface area contributed by atoms with Crippen LogP contribution in [0.15, 0.2) is 48.5 Å². The third kappa shape index (κ3) is 3.39. The van der Waals surface area contributed by atoms with Crippen LogP contribution in [0.2, 0.25) is 0 Å². The van der Waals surface area contributed by atoms with E-state index in [0.29, 0.717) is 11.5 Å². The first-order valence-corrected chi connectivity index (χ1v) is 6.96. The molecule has 2 rings (SSSR count). The molecule has 2 aromatic carbocycles. The molecule has 0 heterocycles. The predicted molar refractivity (Wildman–Crippen MR) is 83.7 cm³/mol. The van der Waals surface area contributed by atoms with Crippen LogP contribution in [0.4, 0.5) is 5.69 Å². The van der Waals surface area contributed by atoms with Crippen LogP contribution in [0.5, 0.6) is 0 Å². The molecule has 102 valence electrons. The summed E-state index contributed by atoms with van der Waals surface area (Å²) < 4.78 is 0. The van der Waals surface area contributed by atoms with E-state index in [0.717, 1.165) is 5.69 Å². The summed E-state index contributed by atoms with van der Waals surface area (Å²) >= 11 is 0. The topological polar surface area (TPSA) is 35.8 Å². The van der Waals surface area contributed by atoms with Gasteiger partial charge in [0, 0.05) is 11.7 Å². The zero-order chi connectivity index (χ0) is 14.5. The smallest absolute Gasteiger partial charge is 0.0991 e. The molecule has 1 N–H and O–H groups in total. The van der Waals surface area contributed by atoms with Crippen LogP contribution in [0, 0.1) is 11.3 Å². The molecule has 0 aliphatic carbocycles. The summed E-state index contributed by atoms with van der Waals surface area (Å²) in [5.74, 6) is 0.556. The van der Waals surface area contributed by atoms with Crippen molar-refractivity contribution in [3.05, 3.63) is 65.2 Å². The fourth-order valence-electron chi connectivity index (χ4n) is 2.14. The highest BCUT2D eigenvalue weighted by atomic mass is 14.9. The Kier molecular flexibility index (Phi) is 4.42. The molecule has 0 fully saturated rings. The Labute approximate surface area is 121 Å². The molecule has 0 saturated heterocycles. The van der Waals surface area contributed by atoms with E-state index in [9.17, 15) is 0 Å². The Morgan fingerprint density at radius 2 is 1.40 bits per heavy atom. The lowest BCUT2D eigenvalue weighted by Gasteiger charge is -2.16. The summed E-state index contributed by atoms with van der Waals surface area (Å²) in [5, 5.41) is 12.3. The van der Waals surface area contributed by atoms with Gasteiger partial charge in [0.1, 0.15) is 0 Å². The number of nitrogens with zero attached hydrogens (tertiary/aromatic N) is 1. The molecule has 0 aromatic heterocycles. The van der Waals surface area contributed by atoms with Crippen LogP contribution in [-0.2, 0) is 0 Å². The van der Waals surface area contributed by atoms with Crippen molar-refractivity contribution >= 4 is 5.69 Å². The first-order valence-electron chi connectivity index (χ1n) is 6.96. The summed E-state index contributed by atoms with van der Waals surface area (Å²) in [5.41, 5.74) is 4.34. The van der Waals surface area contributed by atoms with E-state index < -0.39 is 0 Å². The van der Waals surface area contributed by atoms with Crippen LogP contribution in [0.1, 0.15) is 49.4 Å². The monoisotopic (exact) mass is 264 g/mol. The Morgan fingerprint density at radius 1 is 0.850 bits per heavy atom. The SMILES string of the molecule is CC(C)c1ccc(NC(C)c2ccc(C#N)cc2)cc1. The minimum Gasteiger partial charge on any atom is -0.379 e. The molecule has 0 radical (unpaired) electrons. The van der Waals surface area contributed by atoms with Gasteiger partial charge in [-0.2, -0.15) is 5.26 Å². The van der Waals surface area contributed by atoms with Crippen LogP contribution < -0.4 is 5.32 Å². The van der Waals surface area contributed by atoms with Gasteiger partial charge >= 0.3 is 0 Å². The zero-order valence-corrected chi connectivity index (χ0v) is 12.2. The summed E-state index contributed by atoms with van der Waals surface area (Å²) in [6.07, 6.45) is 0. The fraction of sp³-hybridized carbons (Fsp3) is 0.278. The average molecular weight is 264 g/mol. The summed E-state index contributed by atoms with van der Waals surface area (Å²) in [6.45, 7) is 6.52. The maximum absolute atomic E-state index is 8.81. The molecule has 2 nitrogen and oxygen atoms in total. The van der Waals surface area contributed by atoms with Gasteiger partial charge in [-0.1, -0.05) is 38.1 Å². The highest BCUT2D eigenvalue weighted by Crippen LogP contribution is 2.22. The molecule has 0 bridgehead atoms. The van der Waals surface area contributed by atoms with E-state index in [1.165, 1.54) is 11.1 Å². The van der Waals surface area contributed by atoms with Crippen molar-refractivity contribution in [2.45, 2.75) is 32.7 Å². The molecule has 1 atom stereocenters. The number of hydrogen-bond donors (Lipinski definition) is 1. The summed E-state index contributed by atoms with van der Waals surface area (Å²) in [7, 11) is 0. The van der Waals surface area contributed by atoms with Gasteiger partial charge in [-0.15, -0.1) is 0 Å². The van der Waals surface area contributed by atoms with E-state index in [2.05, 4.69) is 56.4 Å². The van der Waals surface area contributed by atoms with E-state index in [4.69, 9.17) is 5.26 Å². The molecule has 2 heteroatoms. The lowest BCUT2D eigenvalue weighted by Crippen LogP contribution is -2.06. The van der Waals surface area contributed by atoms with Gasteiger partial charge in [-0.3, -0.25) is 0 Å². The number of benzene rings is 2. The fourth-order valence-corrected chi connectivity index (χ4v) is 2.14. The van der Waals surface area contributed by atoms with Gasteiger partial charge in [-0.05, 0) is 48.2 Å². The minimum atomic E-state index is 0.215. The third-order valence-electron chi connectivity index (χ3n) is 3.50. The first-order chi connectivity index (χ1) is 9.60. The van der Waals surface area contributed by atoms with Crippen molar-refractivity contribution in [2.75, 3.05) is 5.32 Å². The van der Waals surface area contributed by atoms with Gasteiger partial charge in [0.2, 0.25) is 0 Å². The maximum Gasteiger partial charge on any atom is 0.0991 e. The molecule has 0 spiro atoms. The highest BCUT2D eigenvalue weighted by molar-refractivity contribution is 5.47. The molecular weight excluding hydrogens is 244 g/mol. The summed E-state index contributed by atoms with van der Waals surface area (Å²) in [6, 6.07) is 18.6. The third-order valence-corrected chi connectivity index (χ3v) is 3.50. The van der Waals surface area contributed by atoms with Gasteiger partial charge in [0.05, 0.1) is 11.6 Å². The molecule has 0 saturated carbocycles. The molecule has 1 unspecified atom stereocenters. The van der Waals surface area contributed by atoms with Crippen molar-refractivity contribution in [1.82, 2.24) is 0 Å². The van der Waals surface area contributed by atoms with Crippen LogP contribution in [0.3, 0.4) is 0 Å². The number of nitrogens with one attached hydrogen (secondary N) is 1. The van der Waals surface area contributed by atoms with Crippen molar-refractivity contribution in [1.29, 1.82) is 5.26 Å². The molecule has 0 aliphatic heterocycles. The van der Waals surface area contributed by atoms with Crippen molar-refractivity contribution < 1.29 is 0 Å². The molecule has 0 amide bonds. The Balaban J connectivity index is 2.06. The summed E-state index contributed by atoms with van der Waals surface area (Å²) in [4.78, 5) is 0. The Bertz CT molecular complexity index is 589. The number of rotatable bonds is 4. The average Bonchev–Trinajstić information content (AvgIpc) is 2.48. The lowest BCUT2D eigenvalue weighted by atomic mass is 10.0. The minimum absolute atomic E-state index is 0.215. The van der Waals surface area contributed by atoms with Gasteiger partial charge < -0.3 is 5.32 Å². The molecule has 2 aromatic rings. The van der Waals surface area contributed by atoms with E-state index in [-0.39, 0.29) is 6.04 Å².